The van der Waals surface area contributed by atoms with Gasteiger partial charge in [-0.25, -0.2) is 0 Å². The predicted molar refractivity (Wildman–Crippen MR) is 75.5 cm³/mol. The van der Waals surface area contributed by atoms with E-state index < -0.39 is 11.5 Å². The molecule has 1 spiro atoms. The van der Waals surface area contributed by atoms with E-state index in [-0.39, 0.29) is 11.7 Å². The molecule has 20 heavy (non-hydrogen) atoms. The number of carbonyl (C=O) groups is 1. The van der Waals surface area contributed by atoms with E-state index in [0.29, 0.717) is 13.0 Å². The lowest BCUT2D eigenvalue weighted by Crippen LogP contribution is -2.50. The molecule has 114 valence electrons. The normalized spacial score (nSPS) is 37.5. The Labute approximate surface area is 120 Å². The van der Waals surface area contributed by atoms with Crippen molar-refractivity contribution >= 4 is 5.97 Å². The fourth-order valence-electron chi connectivity index (χ4n) is 4.12. The number of ether oxygens (including phenoxy) is 1. The molecule has 0 aromatic rings. The Bertz CT molecular complexity index is 381. The second-order valence-corrected chi connectivity index (χ2v) is 6.97. The number of nitrogens with two attached hydrogens (primary N) is 1. The van der Waals surface area contributed by atoms with Crippen molar-refractivity contribution in [2.75, 3.05) is 19.6 Å². The summed E-state index contributed by atoms with van der Waals surface area (Å²) < 4.78 is 6.35. The number of carboxylic acids is 1. The Kier molecular flexibility index (Phi) is 3.77. The van der Waals surface area contributed by atoms with Gasteiger partial charge in [0.15, 0.2) is 0 Å². The zero-order valence-electron chi connectivity index (χ0n) is 12.1. The lowest BCUT2D eigenvalue weighted by atomic mass is 9.83. The topological polar surface area (TPSA) is 75.8 Å². The van der Waals surface area contributed by atoms with Gasteiger partial charge < -0.3 is 15.6 Å². The minimum absolute atomic E-state index is 0.148. The summed E-state index contributed by atoms with van der Waals surface area (Å²) >= 11 is 0. The van der Waals surface area contributed by atoms with Crippen molar-refractivity contribution in [2.24, 2.45) is 5.73 Å². The molecule has 3 fully saturated rings. The molecule has 3 rings (SSSR count). The van der Waals surface area contributed by atoms with E-state index in [1.807, 2.05) is 0 Å². The fraction of sp³-hybridized carbons (Fsp3) is 0.933. The van der Waals surface area contributed by atoms with Crippen LogP contribution in [-0.2, 0) is 9.53 Å². The Morgan fingerprint density at radius 1 is 1.25 bits per heavy atom. The first-order valence-electron chi connectivity index (χ1n) is 7.94. The highest BCUT2D eigenvalue weighted by Crippen LogP contribution is 2.42. The molecule has 2 aliphatic heterocycles. The van der Waals surface area contributed by atoms with Crippen molar-refractivity contribution in [2.45, 2.75) is 68.6 Å². The summed E-state index contributed by atoms with van der Waals surface area (Å²) in [4.78, 5) is 13.3. The van der Waals surface area contributed by atoms with Gasteiger partial charge >= 0.3 is 5.97 Å². The summed E-state index contributed by atoms with van der Waals surface area (Å²) in [7, 11) is 0. The number of aliphatic carboxylic acids is 1. The zero-order valence-corrected chi connectivity index (χ0v) is 12.1. The van der Waals surface area contributed by atoms with Crippen LogP contribution in [0.5, 0.6) is 0 Å². The molecule has 2 unspecified atom stereocenters. The van der Waals surface area contributed by atoms with Gasteiger partial charge in [0.2, 0.25) is 0 Å². The van der Waals surface area contributed by atoms with Gasteiger partial charge in [0.05, 0.1) is 11.7 Å². The summed E-state index contributed by atoms with van der Waals surface area (Å²) in [6.07, 6.45) is 9.45. The van der Waals surface area contributed by atoms with Crippen molar-refractivity contribution in [3.63, 3.8) is 0 Å². The average Bonchev–Trinajstić information content (AvgIpc) is 2.97. The van der Waals surface area contributed by atoms with Crippen LogP contribution in [0, 0.1) is 0 Å². The van der Waals surface area contributed by atoms with Crippen LogP contribution >= 0.6 is 0 Å². The minimum atomic E-state index is -1.05. The van der Waals surface area contributed by atoms with Crippen LogP contribution in [0.3, 0.4) is 0 Å². The van der Waals surface area contributed by atoms with Gasteiger partial charge in [0, 0.05) is 19.6 Å². The summed E-state index contributed by atoms with van der Waals surface area (Å²) in [6.45, 7) is 2.07. The number of likely N-dealkylation sites (tertiary alicyclic amines) is 1. The van der Waals surface area contributed by atoms with E-state index in [1.54, 1.807) is 0 Å². The van der Waals surface area contributed by atoms with Gasteiger partial charge in [-0.15, -0.1) is 0 Å². The van der Waals surface area contributed by atoms with Crippen molar-refractivity contribution < 1.29 is 14.6 Å². The van der Waals surface area contributed by atoms with E-state index >= 15 is 0 Å². The third-order valence-corrected chi connectivity index (χ3v) is 5.37. The Hall–Kier alpha value is -0.650. The molecule has 2 heterocycles. The summed E-state index contributed by atoms with van der Waals surface area (Å²) in [5.74, 6) is -0.879. The Morgan fingerprint density at radius 2 is 2.00 bits per heavy atom. The molecular weight excluding hydrogens is 256 g/mol. The number of hydrogen-bond donors (Lipinski definition) is 2. The molecule has 3 aliphatic rings. The zero-order chi connectivity index (χ0) is 14.2. The first-order chi connectivity index (χ1) is 9.51. The third-order valence-electron chi connectivity index (χ3n) is 5.37. The van der Waals surface area contributed by atoms with Gasteiger partial charge in [-0.2, -0.15) is 0 Å². The van der Waals surface area contributed by atoms with E-state index in [4.69, 9.17) is 15.6 Å². The fourth-order valence-corrected chi connectivity index (χ4v) is 4.12. The van der Waals surface area contributed by atoms with Crippen molar-refractivity contribution in [3.05, 3.63) is 0 Å². The Morgan fingerprint density at radius 3 is 2.65 bits per heavy atom. The Balaban J connectivity index is 1.52. The monoisotopic (exact) mass is 282 g/mol. The molecule has 0 aromatic carbocycles. The van der Waals surface area contributed by atoms with Crippen molar-refractivity contribution in [3.8, 4) is 0 Å². The van der Waals surface area contributed by atoms with Crippen LogP contribution in [0.4, 0.5) is 0 Å². The summed E-state index contributed by atoms with van der Waals surface area (Å²) in [6, 6.07) is 0. The quantitative estimate of drug-likeness (QED) is 0.817. The van der Waals surface area contributed by atoms with Crippen molar-refractivity contribution in [1.29, 1.82) is 0 Å². The lowest BCUT2D eigenvalue weighted by molar-refractivity contribution is -0.142. The average molecular weight is 282 g/mol. The predicted octanol–water partition coefficient (Wildman–Crippen LogP) is 1.36. The lowest BCUT2D eigenvalue weighted by Gasteiger charge is -2.34. The second-order valence-electron chi connectivity index (χ2n) is 6.97. The molecule has 5 heteroatoms. The maximum atomic E-state index is 11.2. The van der Waals surface area contributed by atoms with Gasteiger partial charge in [-0.3, -0.25) is 9.69 Å². The molecule has 0 bridgehead atoms. The molecular formula is C15H26N2O3. The standard InChI is InChI=1S/C15H26N2O3/c16-15(13(18)19)8-9-17(11-15)10-12-4-7-14(20-12)5-2-1-3-6-14/h12H,1-11,16H2,(H,18,19). The minimum Gasteiger partial charge on any atom is -0.480 e. The molecule has 5 nitrogen and oxygen atoms in total. The van der Waals surface area contributed by atoms with Gasteiger partial charge in [0.1, 0.15) is 5.54 Å². The highest BCUT2D eigenvalue weighted by Gasteiger charge is 2.44. The molecule has 0 radical (unpaired) electrons. The molecule has 0 aromatic heterocycles. The smallest absolute Gasteiger partial charge is 0.325 e. The van der Waals surface area contributed by atoms with E-state index in [2.05, 4.69) is 4.90 Å². The van der Waals surface area contributed by atoms with Crippen LogP contribution in [0.25, 0.3) is 0 Å². The first-order valence-corrected chi connectivity index (χ1v) is 7.94. The number of carboxylic acid groups (broad SMARTS) is 1. The highest BCUT2D eigenvalue weighted by atomic mass is 16.5. The highest BCUT2D eigenvalue weighted by molar-refractivity contribution is 5.79. The molecule has 1 aliphatic carbocycles. The second kappa shape index (κ2) is 5.28. The maximum Gasteiger partial charge on any atom is 0.325 e. The summed E-state index contributed by atoms with van der Waals surface area (Å²) in [5.41, 5.74) is 5.01. The van der Waals surface area contributed by atoms with Crippen LogP contribution in [0.2, 0.25) is 0 Å². The van der Waals surface area contributed by atoms with Crippen LogP contribution in [0.1, 0.15) is 51.4 Å². The summed E-state index contributed by atoms with van der Waals surface area (Å²) in [5, 5.41) is 9.17. The van der Waals surface area contributed by atoms with Gasteiger partial charge in [-0.1, -0.05) is 19.3 Å². The molecule has 2 saturated heterocycles. The molecule has 3 N–H and O–H groups in total. The van der Waals surface area contributed by atoms with Crippen LogP contribution in [-0.4, -0.2) is 52.9 Å². The first kappa shape index (κ1) is 14.3. The van der Waals surface area contributed by atoms with Crippen LogP contribution < -0.4 is 5.73 Å². The third kappa shape index (κ3) is 2.71. The van der Waals surface area contributed by atoms with E-state index in [1.165, 1.54) is 38.5 Å². The number of nitrogens with zero attached hydrogens (tertiary/aromatic N) is 1. The van der Waals surface area contributed by atoms with E-state index in [9.17, 15) is 4.79 Å². The number of rotatable bonds is 3. The number of hydrogen-bond acceptors (Lipinski definition) is 4. The van der Waals surface area contributed by atoms with Crippen LogP contribution in [0.15, 0.2) is 0 Å². The molecule has 2 atom stereocenters. The maximum absolute atomic E-state index is 11.2. The SMILES string of the molecule is NC1(C(=O)O)CCN(CC2CCC3(CCCCC3)O2)C1. The van der Waals surface area contributed by atoms with Gasteiger partial charge in [-0.05, 0) is 32.1 Å². The van der Waals surface area contributed by atoms with Crippen molar-refractivity contribution in [1.82, 2.24) is 4.90 Å². The largest absolute Gasteiger partial charge is 0.480 e. The van der Waals surface area contributed by atoms with E-state index in [0.717, 1.165) is 19.5 Å². The van der Waals surface area contributed by atoms with Gasteiger partial charge in [0.25, 0.3) is 0 Å². The molecule has 1 saturated carbocycles. The molecule has 0 amide bonds.